The van der Waals surface area contributed by atoms with Gasteiger partial charge in [0.2, 0.25) is 0 Å². The van der Waals surface area contributed by atoms with Crippen LogP contribution in [0.25, 0.3) is 244 Å². The molecule has 0 atom stereocenters. The van der Waals surface area contributed by atoms with Crippen LogP contribution in [0, 0.1) is 0 Å². The van der Waals surface area contributed by atoms with Gasteiger partial charge in [0.05, 0.1) is 33.2 Å². The van der Waals surface area contributed by atoms with Gasteiger partial charge in [-0.15, -0.1) is 0 Å². The van der Waals surface area contributed by atoms with E-state index in [-0.39, 0.29) is 0 Å². The molecule has 0 radical (unpaired) electrons. The molecule has 0 N–H and O–H groups in total. The third-order valence-electron chi connectivity index (χ3n) is 22.6. The monoisotopic (exact) mass is 1460 g/mol. The van der Waals surface area contributed by atoms with Gasteiger partial charge in [0.15, 0.2) is 34.9 Å². The summed E-state index contributed by atoms with van der Waals surface area (Å²) in [7, 11) is 0. The summed E-state index contributed by atoms with van der Waals surface area (Å²) in [6.07, 6.45) is 0. The van der Waals surface area contributed by atoms with E-state index in [1.165, 1.54) is 10.8 Å². The number of para-hydroxylation sites is 7. The molecule has 24 rings (SSSR count). The molecule has 0 amide bonds. The predicted molar refractivity (Wildman–Crippen MR) is 460 cm³/mol. The summed E-state index contributed by atoms with van der Waals surface area (Å²) in [4.78, 5) is 31.9. The maximum atomic E-state index is 7.23. The van der Waals surface area contributed by atoms with E-state index in [1.807, 2.05) is 121 Å². The van der Waals surface area contributed by atoms with Crippen molar-refractivity contribution in [2.24, 2.45) is 0 Å². The first-order chi connectivity index (χ1) is 56.5. The van der Waals surface area contributed by atoms with Crippen LogP contribution in [0.2, 0.25) is 0 Å². The molecule has 530 valence electrons. The first-order valence-corrected chi connectivity index (χ1v) is 38.1. The molecule has 0 spiro atoms. The molecule has 0 unspecified atom stereocenters. The topological polar surface area (TPSA) is 140 Å². The standard InChI is InChI=1S/C102H58N8O4/c1-5-24-59(25-6-1)97-103-99(107-101(105-97)75-39-21-38-71-68-32-15-19-43-85(68)113-95(71)75)62-47-52-88-79(55-62)78-54-61(46-51-87(78)111-88)77-57-64(58-84-92(77)73-34-14-18-41-82(73)110(84)66-30-11-4-12-31-66)67-49-50-76(96-94(67)74-35-16-20-44-86(74)114-96)102-106-98(60-26-7-2-8-27-60)104-100(108-102)63-48-53-89-80(56-63)93-70(37-23-45-90(93)112-89)69-36-22-42-83-91(69)72-33-13-17-40-81(72)109(83)65-28-9-3-10-29-65/h1-58H. The number of furan rings is 4. The minimum Gasteiger partial charge on any atom is -0.456 e. The average molecular weight is 1460 g/mol. The molecule has 114 heavy (non-hydrogen) atoms. The molecular weight excluding hydrogens is 1400 g/mol. The number of aromatic nitrogens is 8. The summed E-state index contributed by atoms with van der Waals surface area (Å²) in [5.74, 6) is 3.06. The minimum atomic E-state index is 0.464. The van der Waals surface area contributed by atoms with Crippen molar-refractivity contribution in [3.05, 3.63) is 352 Å². The Morgan fingerprint density at radius 2 is 0.579 bits per heavy atom. The molecule has 8 aromatic heterocycles. The molecule has 0 aliphatic rings. The van der Waals surface area contributed by atoms with E-state index in [0.717, 1.165) is 193 Å². The third kappa shape index (κ3) is 9.84. The molecule has 16 aromatic carbocycles. The predicted octanol–water partition coefficient (Wildman–Crippen LogP) is 26.9. The smallest absolute Gasteiger partial charge is 0.167 e. The Labute approximate surface area is 649 Å². The molecule has 12 heteroatoms. The van der Waals surface area contributed by atoms with Gasteiger partial charge in [-0.1, -0.05) is 218 Å². The van der Waals surface area contributed by atoms with Gasteiger partial charge < -0.3 is 26.8 Å². The summed E-state index contributed by atoms with van der Waals surface area (Å²) in [6, 6.07) is 122. The first kappa shape index (κ1) is 63.3. The molecule has 0 saturated heterocycles. The summed E-state index contributed by atoms with van der Waals surface area (Å²) in [6.45, 7) is 0. The maximum Gasteiger partial charge on any atom is 0.167 e. The van der Waals surface area contributed by atoms with Crippen LogP contribution in [0.4, 0.5) is 0 Å². The van der Waals surface area contributed by atoms with Gasteiger partial charge in [-0.2, -0.15) is 0 Å². The van der Waals surface area contributed by atoms with Crippen LogP contribution in [-0.2, 0) is 0 Å². The van der Waals surface area contributed by atoms with Gasteiger partial charge >= 0.3 is 0 Å². The van der Waals surface area contributed by atoms with E-state index in [0.29, 0.717) is 40.5 Å². The molecule has 8 heterocycles. The van der Waals surface area contributed by atoms with E-state index in [2.05, 4.69) is 240 Å². The maximum absolute atomic E-state index is 7.23. The second kappa shape index (κ2) is 24.9. The lowest BCUT2D eigenvalue weighted by Crippen LogP contribution is -2.00. The molecule has 0 bridgehead atoms. The fourth-order valence-corrected chi connectivity index (χ4v) is 17.6. The summed E-state index contributed by atoms with van der Waals surface area (Å²) in [5.41, 5.74) is 23.4. The lowest BCUT2D eigenvalue weighted by molar-refractivity contribution is 0.668. The highest BCUT2D eigenvalue weighted by Crippen LogP contribution is 2.50. The van der Waals surface area contributed by atoms with Crippen LogP contribution in [0.3, 0.4) is 0 Å². The summed E-state index contributed by atoms with van der Waals surface area (Å²) < 4.78 is 32.2. The van der Waals surface area contributed by atoms with E-state index in [9.17, 15) is 0 Å². The molecule has 0 saturated carbocycles. The van der Waals surface area contributed by atoms with E-state index >= 15 is 0 Å². The van der Waals surface area contributed by atoms with E-state index in [4.69, 9.17) is 47.6 Å². The molecule has 24 aromatic rings. The second-order valence-electron chi connectivity index (χ2n) is 29.1. The van der Waals surface area contributed by atoms with Gasteiger partial charge in [0.25, 0.3) is 0 Å². The highest BCUT2D eigenvalue weighted by Gasteiger charge is 2.28. The molecular formula is C102H58N8O4. The number of hydrogen-bond acceptors (Lipinski definition) is 10. The van der Waals surface area contributed by atoms with Crippen molar-refractivity contribution in [1.82, 2.24) is 39.0 Å². The van der Waals surface area contributed by atoms with Crippen LogP contribution in [0.1, 0.15) is 0 Å². The van der Waals surface area contributed by atoms with Crippen LogP contribution in [-0.4, -0.2) is 39.0 Å². The number of nitrogens with zero attached hydrogens (tertiary/aromatic N) is 8. The van der Waals surface area contributed by atoms with Gasteiger partial charge in [-0.05, 0) is 167 Å². The summed E-state index contributed by atoms with van der Waals surface area (Å²) in [5, 5.41) is 12.3. The Balaban J connectivity index is 0.681. The summed E-state index contributed by atoms with van der Waals surface area (Å²) >= 11 is 0. The van der Waals surface area contributed by atoms with Crippen LogP contribution < -0.4 is 0 Å². The molecule has 12 nitrogen and oxygen atoms in total. The van der Waals surface area contributed by atoms with Crippen molar-refractivity contribution in [2.45, 2.75) is 0 Å². The third-order valence-corrected chi connectivity index (χ3v) is 22.6. The molecule has 0 aliphatic heterocycles. The van der Waals surface area contributed by atoms with E-state index in [1.54, 1.807) is 0 Å². The fourth-order valence-electron chi connectivity index (χ4n) is 17.6. The lowest BCUT2D eigenvalue weighted by atomic mass is 9.91. The lowest BCUT2D eigenvalue weighted by Gasteiger charge is -2.14. The first-order valence-electron chi connectivity index (χ1n) is 38.1. The van der Waals surface area contributed by atoms with Gasteiger partial charge in [0.1, 0.15) is 44.7 Å². The van der Waals surface area contributed by atoms with Gasteiger partial charge in [-0.25, -0.2) is 29.9 Å². The number of hydrogen-bond donors (Lipinski definition) is 0. The van der Waals surface area contributed by atoms with Crippen molar-refractivity contribution in [3.63, 3.8) is 0 Å². The van der Waals surface area contributed by atoms with Crippen molar-refractivity contribution >= 4 is 131 Å². The van der Waals surface area contributed by atoms with Crippen LogP contribution >= 0.6 is 0 Å². The zero-order chi connectivity index (χ0) is 74.6. The van der Waals surface area contributed by atoms with Gasteiger partial charge in [0, 0.05) is 98.3 Å². The van der Waals surface area contributed by atoms with Crippen molar-refractivity contribution in [3.8, 4) is 113 Å². The van der Waals surface area contributed by atoms with Crippen molar-refractivity contribution < 1.29 is 17.7 Å². The molecule has 0 aliphatic carbocycles. The Morgan fingerprint density at radius 3 is 1.22 bits per heavy atom. The Bertz CT molecular complexity index is 8120. The quantitative estimate of drug-likeness (QED) is 0.123. The minimum absolute atomic E-state index is 0.464. The normalized spacial score (nSPS) is 12.0. The van der Waals surface area contributed by atoms with E-state index < -0.39 is 0 Å². The van der Waals surface area contributed by atoms with Crippen molar-refractivity contribution in [1.29, 1.82) is 0 Å². The zero-order valence-corrected chi connectivity index (χ0v) is 60.7. The highest BCUT2D eigenvalue weighted by atomic mass is 16.3. The van der Waals surface area contributed by atoms with Crippen molar-refractivity contribution in [2.75, 3.05) is 0 Å². The Hall–Kier alpha value is -15.7. The largest absolute Gasteiger partial charge is 0.456 e. The molecule has 0 fully saturated rings. The average Bonchev–Trinajstić information content (AvgIpc) is 1.56. The number of fused-ring (bicyclic) bond motifs is 18. The van der Waals surface area contributed by atoms with Gasteiger partial charge in [-0.3, -0.25) is 0 Å². The highest BCUT2D eigenvalue weighted by molar-refractivity contribution is 6.24. The Morgan fingerprint density at radius 1 is 0.175 bits per heavy atom. The zero-order valence-electron chi connectivity index (χ0n) is 60.7. The Kier molecular flexibility index (Phi) is 13.8. The second-order valence-corrected chi connectivity index (χ2v) is 29.1. The fraction of sp³-hybridized carbons (Fsp3) is 0. The number of rotatable bonds is 11. The SMILES string of the molecule is c1ccc(-c2nc(-c3ccc4oc5ccc(-c6cc(-c7ccc(-c8nc(-c9ccccc9)nc(-c9ccc%10oc%11cccc(-c%12cccc%13c%12c%12ccccc%12n%13-c%12ccccc%12)c%11c%10c9)n8)c8oc9ccccc9c78)cc7c6c6ccccc6n7-c6ccccc6)cc5c4c3)nc(-c3cccc4c3oc3ccccc34)n2)cc1. The number of benzene rings is 16. The van der Waals surface area contributed by atoms with Crippen LogP contribution in [0.5, 0.6) is 0 Å². The van der Waals surface area contributed by atoms with Crippen LogP contribution in [0.15, 0.2) is 370 Å².